The molecule has 2 heterocycles. The van der Waals surface area contributed by atoms with Crippen LogP contribution in [0, 0.1) is 11.7 Å². The maximum atomic E-state index is 14.0. The standard InChI is InChI=1S/C26H35FN4O3/c1-29(2)13-6-14-31-24(33)26(28-25(31)34,18-19-7-5-10-22(27)17-19)21-11-15-30(16-12-21)23(32)20-8-3-4-9-20/h5,7-8,10,17,21H,3-4,6,9,11-16,18H2,1-2H3,(H,28,34). The molecule has 1 aromatic rings. The lowest BCUT2D eigenvalue weighted by atomic mass is 9.73. The molecule has 8 heteroatoms. The zero-order chi connectivity index (χ0) is 24.3. The van der Waals surface area contributed by atoms with Crippen molar-refractivity contribution in [3.05, 3.63) is 47.3 Å². The molecule has 0 spiro atoms. The Bertz CT molecular complexity index is 971. The van der Waals surface area contributed by atoms with E-state index in [1.54, 1.807) is 12.1 Å². The molecule has 184 valence electrons. The smallest absolute Gasteiger partial charge is 0.325 e. The summed E-state index contributed by atoms with van der Waals surface area (Å²) in [5.74, 6) is -0.629. The van der Waals surface area contributed by atoms with Gasteiger partial charge < -0.3 is 15.1 Å². The zero-order valence-electron chi connectivity index (χ0n) is 20.2. The van der Waals surface area contributed by atoms with Gasteiger partial charge in [-0.3, -0.25) is 14.5 Å². The van der Waals surface area contributed by atoms with Crippen LogP contribution in [0.1, 0.15) is 44.1 Å². The Kier molecular flexibility index (Phi) is 7.36. The van der Waals surface area contributed by atoms with E-state index in [2.05, 4.69) is 5.32 Å². The topological polar surface area (TPSA) is 73.0 Å². The molecule has 34 heavy (non-hydrogen) atoms. The molecule has 7 nitrogen and oxygen atoms in total. The molecule has 2 fully saturated rings. The number of likely N-dealkylation sites (tertiary alicyclic amines) is 1. The highest BCUT2D eigenvalue weighted by atomic mass is 19.1. The van der Waals surface area contributed by atoms with Crippen LogP contribution in [0.5, 0.6) is 0 Å². The van der Waals surface area contributed by atoms with Gasteiger partial charge in [0.05, 0.1) is 0 Å². The Hall–Kier alpha value is -2.74. The maximum Gasteiger partial charge on any atom is 0.325 e. The first-order valence-corrected chi connectivity index (χ1v) is 12.3. The molecule has 2 saturated heterocycles. The quantitative estimate of drug-likeness (QED) is 0.593. The molecule has 0 radical (unpaired) electrons. The number of hydrogen-bond acceptors (Lipinski definition) is 4. The molecule has 1 atom stereocenters. The van der Waals surface area contributed by atoms with E-state index in [0.29, 0.717) is 44.5 Å². The van der Waals surface area contributed by atoms with Gasteiger partial charge in [0.25, 0.3) is 5.91 Å². The fraction of sp³-hybridized carbons (Fsp3) is 0.577. The predicted molar refractivity (Wildman–Crippen MR) is 127 cm³/mol. The van der Waals surface area contributed by atoms with Gasteiger partial charge in [0.1, 0.15) is 11.4 Å². The van der Waals surface area contributed by atoms with Gasteiger partial charge in [0.15, 0.2) is 0 Å². The molecular formula is C26H35FN4O3. The SMILES string of the molecule is CN(C)CCCN1C(=O)NC(Cc2cccc(F)c2)(C2CCN(C(=O)C3=CCCC3)CC2)C1=O. The maximum absolute atomic E-state index is 14.0. The molecule has 1 N–H and O–H groups in total. The van der Waals surface area contributed by atoms with Gasteiger partial charge in [-0.25, -0.2) is 9.18 Å². The van der Waals surface area contributed by atoms with E-state index >= 15 is 0 Å². The van der Waals surface area contributed by atoms with Crippen LogP contribution in [-0.2, 0) is 16.0 Å². The number of nitrogens with one attached hydrogen (secondary N) is 1. The molecule has 1 aliphatic carbocycles. The normalized spacial score (nSPS) is 23.6. The number of urea groups is 1. The van der Waals surface area contributed by atoms with Gasteiger partial charge in [0, 0.05) is 31.6 Å². The lowest BCUT2D eigenvalue weighted by molar-refractivity contribution is -0.135. The minimum Gasteiger partial charge on any atom is -0.339 e. The van der Waals surface area contributed by atoms with Gasteiger partial charge in [0.2, 0.25) is 5.91 Å². The summed E-state index contributed by atoms with van der Waals surface area (Å²) in [6.07, 6.45) is 7.01. The van der Waals surface area contributed by atoms with Crippen molar-refractivity contribution in [1.29, 1.82) is 0 Å². The number of imide groups is 1. The van der Waals surface area contributed by atoms with Crippen LogP contribution in [-0.4, -0.2) is 78.4 Å². The van der Waals surface area contributed by atoms with E-state index in [0.717, 1.165) is 31.4 Å². The van der Waals surface area contributed by atoms with Crippen molar-refractivity contribution in [2.24, 2.45) is 5.92 Å². The Labute approximate surface area is 201 Å². The molecule has 0 bridgehead atoms. The van der Waals surface area contributed by atoms with E-state index in [4.69, 9.17) is 0 Å². The summed E-state index contributed by atoms with van der Waals surface area (Å²) in [5, 5.41) is 3.03. The third-order valence-corrected chi connectivity index (χ3v) is 7.36. The van der Waals surface area contributed by atoms with Gasteiger partial charge >= 0.3 is 6.03 Å². The fourth-order valence-corrected chi connectivity index (χ4v) is 5.55. The summed E-state index contributed by atoms with van der Waals surface area (Å²) in [6.45, 7) is 2.22. The van der Waals surface area contributed by atoms with E-state index in [-0.39, 0.29) is 36.0 Å². The van der Waals surface area contributed by atoms with Crippen molar-refractivity contribution >= 4 is 17.8 Å². The van der Waals surface area contributed by atoms with E-state index < -0.39 is 5.54 Å². The van der Waals surface area contributed by atoms with Gasteiger partial charge in [-0.2, -0.15) is 0 Å². The molecule has 1 unspecified atom stereocenters. The minimum atomic E-state index is -1.12. The van der Waals surface area contributed by atoms with Gasteiger partial charge in [-0.15, -0.1) is 0 Å². The van der Waals surface area contributed by atoms with E-state index in [1.807, 2.05) is 30.0 Å². The first-order valence-electron chi connectivity index (χ1n) is 12.3. The minimum absolute atomic E-state index is 0.0993. The van der Waals surface area contributed by atoms with Crippen molar-refractivity contribution in [1.82, 2.24) is 20.0 Å². The van der Waals surface area contributed by atoms with Crippen molar-refractivity contribution in [3.63, 3.8) is 0 Å². The van der Waals surface area contributed by atoms with Crippen LogP contribution >= 0.6 is 0 Å². The van der Waals surface area contributed by atoms with Crippen LogP contribution in [0.3, 0.4) is 0 Å². The van der Waals surface area contributed by atoms with Crippen molar-refractivity contribution < 1.29 is 18.8 Å². The lowest BCUT2D eigenvalue weighted by Gasteiger charge is -2.41. The Balaban J connectivity index is 1.53. The number of halogens is 1. The number of carbonyl (C=O) groups excluding carboxylic acids is 3. The number of allylic oxidation sites excluding steroid dienone is 1. The second kappa shape index (κ2) is 10.3. The fourth-order valence-electron chi connectivity index (χ4n) is 5.55. The third-order valence-electron chi connectivity index (χ3n) is 7.36. The number of amides is 4. The van der Waals surface area contributed by atoms with Crippen LogP contribution in [0.15, 0.2) is 35.9 Å². The molecular weight excluding hydrogens is 435 g/mol. The third kappa shape index (κ3) is 5.02. The van der Waals surface area contributed by atoms with Crippen LogP contribution in [0.4, 0.5) is 9.18 Å². The summed E-state index contributed by atoms with van der Waals surface area (Å²) in [7, 11) is 3.91. The highest BCUT2D eigenvalue weighted by molar-refractivity contribution is 6.07. The Morgan fingerprint density at radius 2 is 2.00 bits per heavy atom. The molecule has 0 aromatic heterocycles. The zero-order valence-corrected chi connectivity index (χ0v) is 20.2. The lowest BCUT2D eigenvalue weighted by Crippen LogP contribution is -2.58. The second-order valence-corrected chi connectivity index (χ2v) is 10.0. The average molecular weight is 471 g/mol. The van der Waals surface area contributed by atoms with Crippen molar-refractivity contribution in [2.75, 3.05) is 40.3 Å². The molecule has 2 aliphatic heterocycles. The number of nitrogens with zero attached hydrogens (tertiary/aromatic N) is 3. The first-order chi connectivity index (χ1) is 16.3. The van der Waals surface area contributed by atoms with Crippen LogP contribution in [0.25, 0.3) is 0 Å². The number of hydrogen-bond donors (Lipinski definition) is 1. The summed E-state index contributed by atoms with van der Waals surface area (Å²) < 4.78 is 14.0. The molecule has 1 aromatic carbocycles. The predicted octanol–water partition coefficient (Wildman–Crippen LogP) is 2.96. The average Bonchev–Trinajstić information content (AvgIpc) is 3.42. The van der Waals surface area contributed by atoms with Crippen molar-refractivity contribution in [3.8, 4) is 0 Å². The summed E-state index contributed by atoms with van der Waals surface area (Å²) in [4.78, 5) is 44.8. The van der Waals surface area contributed by atoms with Gasteiger partial charge in [-0.05, 0) is 82.8 Å². The summed E-state index contributed by atoms with van der Waals surface area (Å²) >= 11 is 0. The number of benzene rings is 1. The molecule has 3 aliphatic rings. The first kappa shape index (κ1) is 24.4. The Morgan fingerprint density at radius 1 is 1.24 bits per heavy atom. The largest absolute Gasteiger partial charge is 0.339 e. The van der Waals surface area contributed by atoms with Crippen molar-refractivity contribution in [2.45, 2.75) is 50.5 Å². The molecule has 0 saturated carbocycles. The number of piperidine rings is 1. The number of carbonyl (C=O) groups is 3. The van der Waals surface area contributed by atoms with E-state index in [1.165, 1.54) is 17.0 Å². The van der Waals surface area contributed by atoms with Gasteiger partial charge in [-0.1, -0.05) is 18.2 Å². The number of rotatable bonds is 8. The molecule has 4 amide bonds. The molecule has 4 rings (SSSR count). The van der Waals surface area contributed by atoms with Crippen LogP contribution < -0.4 is 5.32 Å². The highest BCUT2D eigenvalue weighted by Gasteiger charge is 2.55. The van der Waals surface area contributed by atoms with Crippen LogP contribution in [0.2, 0.25) is 0 Å². The Morgan fingerprint density at radius 3 is 2.65 bits per heavy atom. The highest BCUT2D eigenvalue weighted by Crippen LogP contribution is 2.37. The second-order valence-electron chi connectivity index (χ2n) is 10.0. The van der Waals surface area contributed by atoms with E-state index in [9.17, 15) is 18.8 Å². The summed E-state index contributed by atoms with van der Waals surface area (Å²) in [5.41, 5.74) is 0.453. The monoisotopic (exact) mass is 470 g/mol. The summed E-state index contributed by atoms with van der Waals surface area (Å²) in [6, 6.07) is 5.85.